The maximum atomic E-state index is 10.3. The van der Waals surface area contributed by atoms with Crippen LogP contribution >= 0.6 is 0 Å². The first-order valence-corrected chi connectivity index (χ1v) is 8.82. The third kappa shape index (κ3) is 4.03. The minimum Gasteiger partial charge on any atom is -0.508 e. The Morgan fingerprint density at radius 3 is 2.40 bits per heavy atom. The van der Waals surface area contributed by atoms with Gasteiger partial charge < -0.3 is 14.9 Å². The van der Waals surface area contributed by atoms with Crippen LogP contribution in [0, 0.1) is 11.3 Å². The maximum Gasteiger partial charge on any atom is 0.167 e. The molecule has 1 aromatic heterocycles. The van der Waals surface area contributed by atoms with Crippen LogP contribution in [0.1, 0.15) is 11.4 Å². The highest BCUT2D eigenvalue weighted by Gasteiger charge is 2.18. The van der Waals surface area contributed by atoms with Gasteiger partial charge in [0.2, 0.25) is 0 Å². The summed E-state index contributed by atoms with van der Waals surface area (Å²) in [6.07, 6.45) is 2.99. The molecule has 30 heavy (non-hydrogen) atoms. The zero-order chi connectivity index (χ0) is 21.7. The smallest absolute Gasteiger partial charge is 0.167 e. The predicted molar refractivity (Wildman–Crippen MR) is 114 cm³/mol. The fraction of sp³-hybridized carbons (Fsp3) is 0.0435. The molecule has 3 aromatic rings. The number of methoxy groups -OCH3 is 1. The molecule has 0 aliphatic heterocycles. The fourth-order valence-corrected chi connectivity index (χ4v) is 2.76. The van der Waals surface area contributed by atoms with Crippen molar-refractivity contribution in [3.8, 4) is 40.3 Å². The van der Waals surface area contributed by atoms with Crippen LogP contribution in [0.4, 0.5) is 0 Å². The number of hydrogen-bond donors (Lipinski definition) is 2. The number of allylic oxidation sites excluding steroid dienone is 3. The second-order valence-electron chi connectivity index (χ2n) is 6.11. The molecule has 7 nitrogen and oxygen atoms in total. The van der Waals surface area contributed by atoms with Gasteiger partial charge in [-0.1, -0.05) is 31.4 Å². The molecule has 2 aromatic carbocycles. The first kappa shape index (κ1) is 20.3. The van der Waals surface area contributed by atoms with E-state index in [1.54, 1.807) is 36.4 Å². The first-order chi connectivity index (χ1) is 14.5. The van der Waals surface area contributed by atoms with Gasteiger partial charge in [-0.15, -0.1) is 0 Å². The van der Waals surface area contributed by atoms with Crippen LogP contribution in [-0.2, 0) is 0 Å². The quantitative estimate of drug-likeness (QED) is 0.466. The summed E-state index contributed by atoms with van der Waals surface area (Å²) in [5.74, 6) is 0.696. The Morgan fingerprint density at radius 2 is 1.80 bits per heavy atom. The zero-order valence-electron chi connectivity index (χ0n) is 16.2. The third-order valence-corrected chi connectivity index (χ3v) is 4.19. The van der Waals surface area contributed by atoms with Gasteiger partial charge in [0.1, 0.15) is 17.3 Å². The molecule has 0 radical (unpaired) electrons. The molecule has 0 saturated heterocycles. The summed E-state index contributed by atoms with van der Waals surface area (Å²) in [6, 6.07) is 13.5. The number of phenolic OH excluding ortho intramolecular Hbond substituents is 1. The fourth-order valence-electron chi connectivity index (χ4n) is 2.76. The first-order valence-electron chi connectivity index (χ1n) is 8.82. The van der Waals surface area contributed by atoms with E-state index in [2.05, 4.69) is 34.2 Å². The summed E-state index contributed by atoms with van der Waals surface area (Å²) in [4.78, 5) is 13.4. The number of aromatic nitrogens is 3. The molecular weight excluding hydrogens is 380 g/mol. The topological polar surface area (TPSA) is 112 Å². The largest absolute Gasteiger partial charge is 0.508 e. The average Bonchev–Trinajstić information content (AvgIpc) is 2.76. The number of para-hydroxylation sites is 1. The molecule has 0 saturated carbocycles. The molecule has 0 aliphatic rings. The van der Waals surface area contributed by atoms with E-state index in [9.17, 15) is 10.2 Å². The van der Waals surface area contributed by atoms with Crippen molar-refractivity contribution in [3.63, 3.8) is 0 Å². The molecular formula is C23H18N4O3. The van der Waals surface area contributed by atoms with E-state index in [0.29, 0.717) is 22.4 Å². The van der Waals surface area contributed by atoms with Gasteiger partial charge in [-0.05, 0) is 36.4 Å². The number of aromatic hydroxyl groups is 1. The van der Waals surface area contributed by atoms with Crippen LogP contribution in [0.15, 0.2) is 73.5 Å². The van der Waals surface area contributed by atoms with Crippen LogP contribution < -0.4 is 4.74 Å². The van der Waals surface area contributed by atoms with E-state index in [1.165, 1.54) is 25.3 Å². The molecule has 0 unspecified atom stereocenters. The van der Waals surface area contributed by atoms with E-state index >= 15 is 0 Å². The van der Waals surface area contributed by atoms with Crippen LogP contribution in [0.25, 0.3) is 28.3 Å². The van der Waals surface area contributed by atoms with Crippen molar-refractivity contribution in [3.05, 3.63) is 84.9 Å². The Labute approximate surface area is 173 Å². The Morgan fingerprint density at radius 1 is 1.10 bits per heavy atom. The summed E-state index contributed by atoms with van der Waals surface area (Å²) in [5, 5.41) is 29.5. The second-order valence-corrected chi connectivity index (χ2v) is 6.11. The number of rotatable bonds is 6. The lowest BCUT2D eigenvalue weighted by atomic mass is 10.1. The second kappa shape index (κ2) is 8.71. The van der Waals surface area contributed by atoms with Gasteiger partial charge in [0, 0.05) is 0 Å². The number of hydrogen-bond acceptors (Lipinski definition) is 7. The summed E-state index contributed by atoms with van der Waals surface area (Å²) >= 11 is 0. The third-order valence-electron chi connectivity index (χ3n) is 4.19. The van der Waals surface area contributed by atoms with E-state index in [-0.39, 0.29) is 34.6 Å². The standard InChI is InChI=1S/C23H18N4O3/c1-4-7-16(14(2)28)21-25-22(17-8-5-6-9-19(17)29)27-23(26-21)18-11-10-15(13-24)12-20(18)30-3/h4-12,28-29H,1-2H2,3H3/b16-7+. The van der Waals surface area contributed by atoms with E-state index < -0.39 is 0 Å². The van der Waals surface area contributed by atoms with Gasteiger partial charge in [-0.2, -0.15) is 5.26 Å². The van der Waals surface area contributed by atoms with Gasteiger partial charge in [0.25, 0.3) is 0 Å². The van der Waals surface area contributed by atoms with Crippen molar-refractivity contribution in [1.29, 1.82) is 5.26 Å². The minimum atomic E-state index is -0.248. The van der Waals surface area contributed by atoms with Crippen molar-refractivity contribution < 1.29 is 14.9 Å². The lowest BCUT2D eigenvalue weighted by Gasteiger charge is -2.12. The van der Waals surface area contributed by atoms with Gasteiger partial charge in [0.15, 0.2) is 17.5 Å². The number of aliphatic hydroxyl groups is 1. The average molecular weight is 398 g/mol. The molecule has 0 aliphatic carbocycles. The Kier molecular flexibility index (Phi) is 5.89. The van der Waals surface area contributed by atoms with Gasteiger partial charge in [-0.3, -0.25) is 0 Å². The van der Waals surface area contributed by atoms with Crippen molar-refractivity contribution >= 4 is 5.57 Å². The number of nitriles is 1. The molecule has 0 atom stereocenters. The lowest BCUT2D eigenvalue weighted by Crippen LogP contribution is -2.05. The SMILES string of the molecule is C=C/C=C(\C(=C)O)c1nc(-c2ccccc2O)nc(-c2ccc(C#N)cc2OC)n1. The van der Waals surface area contributed by atoms with Crippen molar-refractivity contribution in [2.45, 2.75) is 0 Å². The van der Waals surface area contributed by atoms with Gasteiger partial charge in [0.05, 0.1) is 35.4 Å². The number of ether oxygens (including phenoxy) is 1. The van der Waals surface area contributed by atoms with Crippen LogP contribution in [-0.4, -0.2) is 32.3 Å². The highest BCUT2D eigenvalue weighted by molar-refractivity contribution is 5.77. The number of benzene rings is 2. The Bertz CT molecular complexity index is 1210. The highest BCUT2D eigenvalue weighted by Crippen LogP contribution is 2.33. The minimum absolute atomic E-state index is 0.00975. The molecule has 2 N–H and O–H groups in total. The number of nitrogens with zero attached hydrogens (tertiary/aromatic N) is 4. The predicted octanol–water partition coefficient (Wildman–Crippen LogP) is 4.43. The van der Waals surface area contributed by atoms with Gasteiger partial charge in [-0.25, -0.2) is 15.0 Å². The van der Waals surface area contributed by atoms with E-state index in [1.807, 2.05) is 0 Å². The Hall–Kier alpha value is -4.44. The maximum absolute atomic E-state index is 10.3. The van der Waals surface area contributed by atoms with Gasteiger partial charge >= 0.3 is 0 Å². The summed E-state index contributed by atoms with van der Waals surface area (Å²) in [5.41, 5.74) is 1.56. The van der Waals surface area contributed by atoms with Crippen molar-refractivity contribution in [1.82, 2.24) is 15.0 Å². The molecule has 3 rings (SSSR count). The number of aliphatic hydroxyl groups excluding tert-OH is 1. The Balaban J connectivity index is 2.32. The summed E-state index contributed by atoms with van der Waals surface area (Å²) in [7, 11) is 1.48. The molecule has 0 amide bonds. The van der Waals surface area contributed by atoms with E-state index in [0.717, 1.165) is 0 Å². The van der Waals surface area contributed by atoms with Crippen molar-refractivity contribution in [2.24, 2.45) is 0 Å². The molecule has 0 bridgehead atoms. The summed E-state index contributed by atoms with van der Waals surface area (Å²) in [6.45, 7) is 7.20. The molecule has 148 valence electrons. The normalized spacial score (nSPS) is 10.9. The highest BCUT2D eigenvalue weighted by atomic mass is 16.5. The zero-order valence-corrected chi connectivity index (χ0v) is 16.2. The van der Waals surface area contributed by atoms with E-state index in [4.69, 9.17) is 10.00 Å². The number of phenols is 1. The summed E-state index contributed by atoms with van der Waals surface area (Å²) < 4.78 is 5.41. The molecule has 0 fully saturated rings. The molecule has 7 heteroatoms. The lowest BCUT2D eigenvalue weighted by molar-refractivity contribution is 0.416. The van der Waals surface area contributed by atoms with Crippen molar-refractivity contribution in [2.75, 3.05) is 7.11 Å². The van der Waals surface area contributed by atoms with Crippen LogP contribution in [0.3, 0.4) is 0 Å². The van der Waals surface area contributed by atoms with Crippen LogP contribution in [0.5, 0.6) is 11.5 Å². The molecule has 1 heterocycles. The van der Waals surface area contributed by atoms with Crippen LogP contribution in [0.2, 0.25) is 0 Å². The molecule has 0 spiro atoms. The monoisotopic (exact) mass is 398 g/mol.